The fraction of sp³-hybridized carbons (Fsp3) is 0.353. The molecule has 0 saturated carbocycles. The number of amides is 1. The minimum absolute atomic E-state index is 0. The zero-order chi connectivity index (χ0) is 15.2. The molecule has 1 heterocycles. The second-order valence-electron chi connectivity index (χ2n) is 5.37. The Balaban J connectivity index is 0.00000242. The first-order valence-electron chi connectivity index (χ1n) is 7.19. The number of rotatable bonds is 6. The van der Waals surface area contributed by atoms with Crippen molar-refractivity contribution in [2.24, 2.45) is 0 Å². The molecule has 5 heteroatoms. The molecule has 1 amide bonds. The molecule has 22 heavy (non-hydrogen) atoms. The van der Waals surface area contributed by atoms with Crippen LogP contribution in [0.15, 0.2) is 41.8 Å². The summed E-state index contributed by atoms with van der Waals surface area (Å²) in [6, 6.07) is 12.5. The Morgan fingerprint density at radius 1 is 1.14 bits per heavy atom. The van der Waals surface area contributed by atoms with Crippen LogP contribution in [0, 0.1) is 0 Å². The zero-order valence-electron chi connectivity index (χ0n) is 13.1. The number of carbonyl (C=O) groups excluding carboxylic acids is 1. The molecule has 0 radical (unpaired) electrons. The fourth-order valence-corrected chi connectivity index (χ4v) is 3.02. The van der Waals surface area contributed by atoms with Crippen molar-refractivity contribution in [3.05, 3.63) is 57.8 Å². The van der Waals surface area contributed by atoms with Crippen LogP contribution in [0.3, 0.4) is 0 Å². The molecule has 0 bridgehead atoms. The molecule has 0 aliphatic heterocycles. The molecule has 0 saturated heterocycles. The average molecular weight is 339 g/mol. The van der Waals surface area contributed by atoms with Crippen LogP contribution in [0.1, 0.15) is 41.8 Å². The molecule has 3 nitrogen and oxygen atoms in total. The summed E-state index contributed by atoms with van der Waals surface area (Å²) in [6.45, 7) is 4.69. The van der Waals surface area contributed by atoms with E-state index in [-0.39, 0.29) is 24.4 Å². The summed E-state index contributed by atoms with van der Waals surface area (Å²) in [6.07, 6.45) is 0. The Hall–Kier alpha value is -1.36. The van der Waals surface area contributed by atoms with E-state index in [4.69, 9.17) is 0 Å². The van der Waals surface area contributed by atoms with Crippen LogP contribution in [-0.4, -0.2) is 19.5 Å². The number of hydrogen-bond donors (Lipinski definition) is 2. The van der Waals surface area contributed by atoms with E-state index in [1.54, 1.807) is 18.4 Å². The molecule has 0 spiro atoms. The van der Waals surface area contributed by atoms with Gasteiger partial charge in [-0.15, -0.1) is 23.7 Å². The normalized spacial score (nSPS) is 11.8. The lowest BCUT2D eigenvalue weighted by Gasteiger charge is -2.19. The first-order valence-corrected chi connectivity index (χ1v) is 8.07. The lowest BCUT2D eigenvalue weighted by molar-refractivity contribution is -0.120. The molecule has 0 aliphatic rings. The summed E-state index contributed by atoms with van der Waals surface area (Å²) in [7, 11) is 1.77. The smallest absolute Gasteiger partial charge is 0.234 e. The predicted molar refractivity (Wildman–Crippen MR) is 96.0 cm³/mol. The van der Waals surface area contributed by atoms with Crippen LogP contribution >= 0.6 is 23.7 Å². The quantitative estimate of drug-likeness (QED) is 0.842. The van der Waals surface area contributed by atoms with Crippen LogP contribution in [-0.2, 0) is 4.79 Å². The molecule has 2 aromatic rings. The SMILES string of the molecule is CNCC(=O)NC(c1ccc(C(C)C)cc1)c1cccs1.Cl. The number of thiophene rings is 1. The summed E-state index contributed by atoms with van der Waals surface area (Å²) in [4.78, 5) is 13.1. The molecule has 0 fully saturated rings. The predicted octanol–water partition coefficient (Wildman–Crippen LogP) is 3.72. The lowest BCUT2D eigenvalue weighted by Crippen LogP contribution is -2.35. The van der Waals surface area contributed by atoms with Gasteiger partial charge in [0.25, 0.3) is 0 Å². The number of nitrogens with one attached hydrogen (secondary N) is 2. The summed E-state index contributed by atoms with van der Waals surface area (Å²) < 4.78 is 0. The van der Waals surface area contributed by atoms with Gasteiger partial charge in [-0.1, -0.05) is 44.2 Å². The summed E-state index contributed by atoms with van der Waals surface area (Å²) >= 11 is 1.66. The number of likely N-dealkylation sites (N-methyl/N-ethyl adjacent to an activating group) is 1. The monoisotopic (exact) mass is 338 g/mol. The van der Waals surface area contributed by atoms with Gasteiger partial charge >= 0.3 is 0 Å². The summed E-state index contributed by atoms with van der Waals surface area (Å²) in [5.74, 6) is 0.516. The van der Waals surface area contributed by atoms with E-state index in [1.165, 1.54) is 5.56 Å². The van der Waals surface area contributed by atoms with Crippen LogP contribution < -0.4 is 10.6 Å². The minimum atomic E-state index is -0.0768. The molecule has 1 atom stereocenters. The summed E-state index contributed by atoms with van der Waals surface area (Å²) in [5, 5.41) is 8.02. The van der Waals surface area contributed by atoms with E-state index < -0.39 is 0 Å². The highest BCUT2D eigenvalue weighted by atomic mass is 35.5. The Morgan fingerprint density at radius 2 is 1.77 bits per heavy atom. The highest BCUT2D eigenvalue weighted by Gasteiger charge is 2.17. The molecular formula is C17H23ClN2OS. The largest absolute Gasteiger partial charge is 0.343 e. The maximum absolute atomic E-state index is 11.9. The third-order valence-corrected chi connectivity index (χ3v) is 4.34. The molecular weight excluding hydrogens is 316 g/mol. The van der Waals surface area contributed by atoms with Gasteiger partial charge in [0.2, 0.25) is 5.91 Å². The van der Waals surface area contributed by atoms with Crippen LogP contribution in [0.5, 0.6) is 0 Å². The Kier molecular flexibility index (Phi) is 7.59. The molecule has 2 rings (SSSR count). The number of halogens is 1. The number of carbonyl (C=O) groups is 1. The Bertz CT molecular complexity index is 567. The van der Waals surface area contributed by atoms with Crippen molar-refractivity contribution < 1.29 is 4.79 Å². The fourth-order valence-electron chi connectivity index (χ4n) is 2.22. The van der Waals surface area contributed by atoms with Gasteiger partial charge in [-0.2, -0.15) is 0 Å². The molecule has 0 aliphatic carbocycles. The number of hydrogen-bond acceptors (Lipinski definition) is 3. The van der Waals surface area contributed by atoms with Gasteiger partial charge in [-0.3, -0.25) is 4.79 Å². The molecule has 2 N–H and O–H groups in total. The molecule has 1 aromatic carbocycles. The first kappa shape index (κ1) is 18.7. The third kappa shape index (κ3) is 4.83. The maximum atomic E-state index is 11.9. The second-order valence-corrected chi connectivity index (χ2v) is 6.35. The van der Waals surface area contributed by atoms with Gasteiger partial charge in [0, 0.05) is 4.88 Å². The Morgan fingerprint density at radius 3 is 2.27 bits per heavy atom. The van der Waals surface area contributed by atoms with Gasteiger partial charge in [-0.25, -0.2) is 0 Å². The highest BCUT2D eigenvalue weighted by Crippen LogP contribution is 2.27. The van der Waals surface area contributed by atoms with Crippen molar-refractivity contribution in [2.75, 3.05) is 13.6 Å². The average Bonchev–Trinajstić information content (AvgIpc) is 2.99. The van der Waals surface area contributed by atoms with Gasteiger partial charge in [0.15, 0.2) is 0 Å². The molecule has 120 valence electrons. The van der Waals surface area contributed by atoms with Crippen molar-refractivity contribution in [2.45, 2.75) is 25.8 Å². The minimum Gasteiger partial charge on any atom is -0.343 e. The standard InChI is InChI=1S/C17H22N2OS.ClH/c1-12(2)13-6-8-14(9-7-13)17(15-5-4-10-21-15)19-16(20)11-18-3;/h4-10,12,17-18H,11H2,1-3H3,(H,19,20);1H. The number of benzene rings is 1. The van der Waals surface area contributed by atoms with Crippen LogP contribution in [0.4, 0.5) is 0 Å². The third-order valence-electron chi connectivity index (χ3n) is 3.41. The first-order chi connectivity index (χ1) is 10.1. The van der Waals surface area contributed by atoms with E-state index in [9.17, 15) is 4.79 Å². The van der Waals surface area contributed by atoms with Gasteiger partial charge in [0.1, 0.15) is 0 Å². The van der Waals surface area contributed by atoms with Crippen molar-refractivity contribution in [1.82, 2.24) is 10.6 Å². The second kappa shape index (κ2) is 8.93. The van der Waals surface area contributed by atoms with E-state index in [0.29, 0.717) is 12.5 Å². The molecule has 1 unspecified atom stereocenters. The highest BCUT2D eigenvalue weighted by molar-refractivity contribution is 7.10. The topological polar surface area (TPSA) is 41.1 Å². The van der Waals surface area contributed by atoms with Crippen LogP contribution in [0.25, 0.3) is 0 Å². The lowest BCUT2D eigenvalue weighted by atomic mass is 9.98. The summed E-state index contributed by atoms with van der Waals surface area (Å²) in [5.41, 5.74) is 2.43. The van der Waals surface area contributed by atoms with Crippen LogP contribution in [0.2, 0.25) is 0 Å². The van der Waals surface area contributed by atoms with Gasteiger partial charge < -0.3 is 10.6 Å². The van der Waals surface area contributed by atoms with E-state index in [0.717, 1.165) is 10.4 Å². The van der Waals surface area contributed by atoms with Gasteiger partial charge in [0.05, 0.1) is 12.6 Å². The van der Waals surface area contributed by atoms with E-state index in [1.807, 2.05) is 11.4 Å². The van der Waals surface area contributed by atoms with Crippen molar-refractivity contribution >= 4 is 29.7 Å². The van der Waals surface area contributed by atoms with Gasteiger partial charge in [-0.05, 0) is 35.5 Å². The van der Waals surface area contributed by atoms with E-state index >= 15 is 0 Å². The van der Waals surface area contributed by atoms with Crippen molar-refractivity contribution in [1.29, 1.82) is 0 Å². The molecule has 1 aromatic heterocycles. The van der Waals surface area contributed by atoms with E-state index in [2.05, 4.69) is 54.8 Å². The van der Waals surface area contributed by atoms with Crippen molar-refractivity contribution in [3.8, 4) is 0 Å². The maximum Gasteiger partial charge on any atom is 0.234 e. The Labute approximate surface area is 142 Å². The zero-order valence-corrected chi connectivity index (χ0v) is 14.8. The van der Waals surface area contributed by atoms with Crippen molar-refractivity contribution in [3.63, 3.8) is 0 Å².